The fourth-order valence-electron chi connectivity index (χ4n) is 3.89. The van der Waals surface area contributed by atoms with Gasteiger partial charge < -0.3 is 9.84 Å². The Bertz CT molecular complexity index is 1240. The van der Waals surface area contributed by atoms with Gasteiger partial charge in [-0.05, 0) is 31.5 Å². The Kier molecular flexibility index (Phi) is 4.98. The summed E-state index contributed by atoms with van der Waals surface area (Å²) in [5.41, 5.74) is 4.02. The lowest BCUT2D eigenvalue weighted by molar-refractivity contribution is 0.378. The largest absolute Gasteiger partial charge is 0.354 e. The molecule has 4 aromatic rings. The molecule has 4 heterocycles. The molecule has 0 radical (unpaired) electrons. The van der Waals surface area contributed by atoms with Gasteiger partial charge in [-0.15, -0.1) is 0 Å². The molecule has 7 heteroatoms. The molecule has 1 N–H and O–H groups in total. The zero-order chi connectivity index (χ0) is 21.1. The first kappa shape index (κ1) is 19.1. The van der Waals surface area contributed by atoms with Crippen LogP contribution in [0.4, 0.5) is 0 Å². The van der Waals surface area contributed by atoms with Gasteiger partial charge in [-0.3, -0.25) is 9.97 Å². The summed E-state index contributed by atoms with van der Waals surface area (Å²) >= 11 is 0. The molecule has 31 heavy (non-hydrogen) atoms. The van der Waals surface area contributed by atoms with Crippen molar-refractivity contribution in [2.75, 3.05) is 13.1 Å². The van der Waals surface area contributed by atoms with E-state index in [0.29, 0.717) is 23.7 Å². The highest BCUT2D eigenvalue weighted by molar-refractivity contribution is 5.67. The summed E-state index contributed by atoms with van der Waals surface area (Å²) in [6.07, 6.45) is 6.83. The highest BCUT2D eigenvalue weighted by Crippen LogP contribution is 2.32. The average Bonchev–Trinajstić information content (AvgIpc) is 3.36. The third kappa shape index (κ3) is 3.69. The van der Waals surface area contributed by atoms with Crippen molar-refractivity contribution < 1.29 is 4.52 Å². The van der Waals surface area contributed by atoms with Crippen molar-refractivity contribution in [3.05, 3.63) is 72.8 Å². The third-order valence-corrected chi connectivity index (χ3v) is 5.61. The van der Waals surface area contributed by atoms with E-state index in [9.17, 15) is 5.26 Å². The van der Waals surface area contributed by atoms with E-state index in [1.807, 2.05) is 48.5 Å². The first-order valence-electron chi connectivity index (χ1n) is 10.2. The van der Waals surface area contributed by atoms with Crippen LogP contribution < -0.4 is 5.32 Å². The maximum atomic E-state index is 9.87. The standard InChI is InChI=1S/C24H20N6O/c25-15-24(8-4-9-26-16-24)23-11-18(7-10-28-23)20-13-27-14-21(29-20)22-12-19(30-31-22)17-5-2-1-3-6-17/h1-3,5-7,10-14,26H,4,8-9,16H2. The minimum Gasteiger partial charge on any atom is -0.354 e. The smallest absolute Gasteiger partial charge is 0.187 e. The summed E-state index contributed by atoms with van der Waals surface area (Å²) < 4.78 is 5.53. The van der Waals surface area contributed by atoms with E-state index in [4.69, 9.17) is 9.51 Å². The Hall–Kier alpha value is -3.89. The number of pyridine rings is 1. The maximum Gasteiger partial charge on any atom is 0.187 e. The number of nitrogens with zero attached hydrogens (tertiary/aromatic N) is 5. The van der Waals surface area contributed by atoms with Crippen molar-refractivity contribution in [1.82, 2.24) is 25.4 Å². The van der Waals surface area contributed by atoms with E-state index in [0.717, 1.165) is 41.9 Å². The molecule has 0 aliphatic carbocycles. The topological polar surface area (TPSA) is 101 Å². The molecule has 1 aromatic carbocycles. The number of nitrogens with one attached hydrogen (secondary N) is 1. The summed E-state index contributed by atoms with van der Waals surface area (Å²) in [6, 6.07) is 18.0. The van der Waals surface area contributed by atoms with Gasteiger partial charge in [-0.2, -0.15) is 5.26 Å². The predicted molar refractivity (Wildman–Crippen MR) is 116 cm³/mol. The van der Waals surface area contributed by atoms with Crippen molar-refractivity contribution in [3.8, 4) is 40.0 Å². The molecule has 0 saturated carbocycles. The molecule has 1 aliphatic rings. The van der Waals surface area contributed by atoms with E-state index < -0.39 is 5.41 Å². The lowest BCUT2D eigenvalue weighted by Crippen LogP contribution is -2.42. The molecule has 7 nitrogen and oxygen atoms in total. The Morgan fingerprint density at radius 2 is 1.87 bits per heavy atom. The van der Waals surface area contributed by atoms with Gasteiger partial charge in [0.2, 0.25) is 0 Å². The van der Waals surface area contributed by atoms with Gasteiger partial charge in [-0.1, -0.05) is 35.5 Å². The van der Waals surface area contributed by atoms with Crippen LogP contribution in [0, 0.1) is 11.3 Å². The van der Waals surface area contributed by atoms with Gasteiger partial charge in [0.25, 0.3) is 0 Å². The molecule has 1 saturated heterocycles. The number of nitriles is 1. The van der Waals surface area contributed by atoms with Gasteiger partial charge >= 0.3 is 0 Å². The van der Waals surface area contributed by atoms with E-state index >= 15 is 0 Å². The van der Waals surface area contributed by atoms with Crippen LogP contribution >= 0.6 is 0 Å². The Balaban J connectivity index is 1.48. The molecule has 0 bridgehead atoms. The Morgan fingerprint density at radius 1 is 1.00 bits per heavy atom. The van der Waals surface area contributed by atoms with Gasteiger partial charge in [0.05, 0.1) is 29.9 Å². The second kappa shape index (κ2) is 8.09. The maximum absolute atomic E-state index is 9.87. The molecule has 5 rings (SSSR count). The van der Waals surface area contributed by atoms with Crippen LogP contribution in [0.25, 0.3) is 34.0 Å². The molecule has 0 spiro atoms. The SMILES string of the molecule is N#CC1(c2cc(-c3cncc(-c4cc(-c5ccccc5)no4)n3)ccn2)CCCNC1. The number of hydrogen-bond donors (Lipinski definition) is 1. The molecule has 1 atom stereocenters. The molecule has 1 aliphatic heterocycles. The predicted octanol–water partition coefficient (Wildman–Crippen LogP) is 4.01. The summed E-state index contributed by atoms with van der Waals surface area (Å²) in [7, 11) is 0. The number of aromatic nitrogens is 4. The summed E-state index contributed by atoms with van der Waals surface area (Å²) in [5.74, 6) is 0.549. The Morgan fingerprint density at radius 3 is 2.68 bits per heavy atom. The van der Waals surface area contributed by atoms with Gasteiger partial charge in [0.1, 0.15) is 16.8 Å². The normalized spacial score (nSPS) is 18.4. The second-order valence-corrected chi connectivity index (χ2v) is 7.64. The highest BCUT2D eigenvalue weighted by Gasteiger charge is 2.35. The fraction of sp³-hybridized carbons (Fsp3) is 0.208. The minimum absolute atomic E-state index is 0.549. The van der Waals surface area contributed by atoms with Crippen molar-refractivity contribution in [1.29, 1.82) is 5.26 Å². The quantitative estimate of drug-likeness (QED) is 0.544. The van der Waals surface area contributed by atoms with Crippen LogP contribution in [-0.4, -0.2) is 33.2 Å². The molecular formula is C24H20N6O. The van der Waals surface area contributed by atoms with Crippen LogP contribution in [0.2, 0.25) is 0 Å². The molecule has 0 amide bonds. The summed E-state index contributed by atoms with van der Waals surface area (Å²) in [6.45, 7) is 1.53. The monoisotopic (exact) mass is 408 g/mol. The molecule has 1 fully saturated rings. The van der Waals surface area contributed by atoms with Crippen LogP contribution in [0.1, 0.15) is 18.5 Å². The first-order valence-corrected chi connectivity index (χ1v) is 10.2. The van der Waals surface area contributed by atoms with Crippen molar-refractivity contribution in [2.24, 2.45) is 0 Å². The van der Waals surface area contributed by atoms with Crippen molar-refractivity contribution in [2.45, 2.75) is 18.3 Å². The molecular weight excluding hydrogens is 388 g/mol. The van der Waals surface area contributed by atoms with E-state index in [1.165, 1.54) is 0 Å². The average molecular weight is 408 g/mol. The second-order valence-electron chi connectivity index (χ2n) is 7.64. The number of benzene rings is 1. The third-order valence-electron chi connectivity index (χ3n) is 5.61. The fourth-order valence-corrected chi connectivity index (χ4v) is 3.89. The Labute approximate surface area is 179 Å². The number of rotatable bonds is 4. The zero-order valence-corrected chi connectivity index (χ0v) is 16.8. The van der Waals surface area contributed by atoms with E-state index in [2.05, 4.69) is 26.5 Å². The summed E-state index contributed by atoms with van der Waals surface area (Å²) in [5, 5.41) is 17.4. The van der Waals surface area contributed by atoms with E-state index in [1.54, 1.807) is 18.6 Å². The summed E-state index contributed by atoms with van der Waals surface area (Å²) in [4.78, 5) is 13.6. The first-order chi connectivity index (χ1) is 15.3. The highest BCUT2D eigenvalue weighted by atomic mass is 16.5. The zero-order valence-electron chi connectivity index (χ0n) is 16.8. The van der Waals surface area contributed by atoms with Gasteiger partial charge in [-0.25, -0.2) is 4.98 Å². The van der Waals surface area contributed by atoms with Crippen molar-refractivity contribution >= 4 is 0 Å². The van der Waals surface area contributed by atoms with Crippen molar-refractivity contribution in [3.63, 3.8) is 0 Å². The van der Waals surface area contributed by atoms with Crippen LogP contribution in [0.5, 0.6) is 0 Å². The van der Waals surface area contributed by atoms with Gasteiger partial charge in [0, 0.05) is 29.9 Å². The van der Waals surface area contributed by atoms with E-state index in [-0.39, 0.29) is 0 Å². The van der Waals surface area contributed by atoms with Crippen LogP contribution in [-0.2, 0) is 5.41 Å². The minimum atomic E-state index is -0.616. The molecule has 152 valence electrons. The lowest BCUT2D eigenvalue weighted by atomic mass is 9.78. The van der Waals surface area contributed by atoms with Crippen LogP contribution in [0.3, 0.4) is 0 Å². The molecule has 3 aromatic heterocycles. The molecule has 1 unspecified atom stereocenters. The number of piperidine rings is 1. The van der Waals surface area contributed by atoms with Gasteiger partial charge in [0.15, 0.2) is 5.76 Å². The van der Waals surface area contributed by atoms with Crippen LogP contribution in [0.15, 0.2) is 71.6 Å². The number of hydrogen-bond acceptors (Lipinski definition) is 7. The lowest BCUT2D eigenvalue weighted by Gasteiger charge is -2.30.